The molecule has 2 aromatic rings. The van der Waals surface area contributed by atoms with Gasteiger partial charge in [-0.1, -0.05) is 17.4 Å². The van der Waals surface area contributed by atoms with E-state index in [1.54, 1.807) is 11.3 Å². The van der Waals surface area contributed by atoms with Gasteiger partial charge in [0.05, 0.1) is 10.2 Å². The monoisotopic (exact) mass is 250 g/mol. The summed E-state index contributed by atoms with van der Waals surface area (Å²) in [5, 5.41) is 4.34. The van der Waals surface area contributed by atoms with Crippen molar-refractivity contribution in [3.63, 3.8) is 0 Å². The van der Waals surface area contributed by atoms with Gasteiger partial charge < -0.3 is 10.1 Å². The summed E-state index contributed by atoms with van der Waals surface area (Å²) in [6.07, 6.45) is 1.02. The molecule has 0 bridgehead atoms. The van der Waals surface area contributed by atoms with E-state index in [-0.39, 0.29) is 0 Å². The van der Waals surface area contributed by atoms with Gasteiger partial charge in [0.1, 0.15) is 0 Å². The van der Waals surface area contributed by atoms with Crippen LogP contribution in [0.1, 0.15) is 18.9 Å². The van der Waals surface area contributed by atoms with Crippen molar-refractivity contribution < 1.29 is 4.74 Å². The lowest BCUT2D eigenvalue weighted by molar-refractivity contribution is 0.147. The van der Waals surface area contributed by atoms with E-state index in [1.807, 2.05) is 6.92 Å². The van der Waals surface area contributed by atoms with Crippen LogP contribution >= 0.6 is 11.3 Å². The van der Waals surface area contributed by atoms with Gasteiger partial charge in [0.25, 0.3) is 0 Å². The molecular weight excluding hydrogens is 232 g/mol. The minimum atomic E-state index is 0.792. The largest absolute Gasteiger partial charge is 0.382 e. The number of anilines is 1. The molecule has 0 aliphatic heterocycles. The Kier molecular flexibility index (Phi) is 4.34. The predicted octanol–water partition coefficient (Wildman–Crippen LogP) is 3.44. The number of benzene rings is 1. The zero-order valence-electron chi connectivity index (χ0n) is 10.3. The van der Waals surface area contributed by atoms with Crippen molar-refractivity contribution in [3.8, 4) is 0 Å². The molecular formula is C13H18N2OS. The standard InChI is InChI=1S/C13H18N2OS/c1-3-16-8-4-7-14-13-15-11-9-10(2)5-6-12(11)17-13/h5-6,9H,3-4,7-8H2,1-2H3,(H,14,15). The fraction of sp³-hybridized carbons (Fsp3) is 0.462. The summed E-state index contributed by atoms with van der Waals surface area (Å²) in [6.45, 7) is 6.63. The molecule has 92 valence electrons. The molecule has 0 aliphatic carbocycles. The molecule has 0 atom stereocenters. The molecule has 0 amide bonds. The predicted molar refractivity (Wildman–Crippen MR) is 74.0 cm³/mol. The summed E-state index contributed by atoms with van der Waals surface area (Å²) in [7, 11) is 0. The van der Waals surface area contributed by atoms with Crippen LogP contribution in [0.2, 0.25) is 0 Å². The first kappa shape index (κ1) is 12.3. The Balaban J connectivity index is 1.91. The molecule has 3 nitrogen and oxygen atoms in total. The van der Waals surface area contributed by atoms with E-state index in [0.717, 1.165) is 36.8 Å². The van der Waals surface area contributed by atoms with Gasteiger partial charge in [0, 0.05) is 19.8 Å². The molecule has 1 aromatic carbocycles. The third-order valence-electron chi connectivity index (χ3n) is 2.49. The average Bonchev–Trinajstić information content (AvgIpc) is 2.70. The van der Waals surface area contributed by atoms with Crippen LogP contribution in [-0.4, -0.2) is 24.7 Å². The molecule has 1 N–H and O–H groups in total. The van der Waals surface area contributed by atoms with Crippen molar-refractivity contribution in [1.82, 2.24) is 4.98 Å². The first-order chi connectivity index (χ1) is 8.29. The number of nitrogens with one attached hydrogen (secondary N) is 1. The lowest BCUT2D eigenvalue weighted by atomic mass is 10.2. The van der Waals surface area contributed by atoms with E-state index < -0.39 is 0 Å². The number of nitrogens with zero attached hydrogens (tertiary/aromatic N) is 1. The normalized spacial score (nSPS) is 10.9. The third kappa shape index (κ3) is 3.41. The number of aromatic nitrogens is 1. The Morgan fingerprint density at radius 1 is 1.41 bits per heavy atom. The Hall–Kier alpha value is -1.13. The molecule has 0 radical (unpaired) electrons. The fourth-order valence-corrected chi connectivity index (χ4v) is 2.50. The summed E-state index contributed by atoms with van der Waals surface area (Å²) >= 11 is 1.71. The Morgan fingerprint density at radius 2 is 2.29 bits per heavy atom. The van der Waals surface area contributed by atoms with Gasteiger partial charge in [0.2, 0.25) is 0 Å². The van der Waals surface area contributed by atoms with Crippen molar-refractivity contribution >= 4 is 26.7 Å². The van der Waals surface area contributed by atoms with Crippen LogP contribution in [0.15, 0.2) is 18.2 Å². The van der Waals surface area contributed by atoms with Crippen LogP contribution in [0.4, 0.5) is 5.13 Å². The van der Waals surface area contributed by atoms with Crippen LogP contribution in [0, 0.1) is 6.92 Å². The van der Waals surface area contributed by atoms with Gasteiger partial charge in [-0.3, -0.25) is 0 Å². The Morgan fingerprint density at radius 3 is 3.12 bits per heavy atom. The summed E-state index contributed by atoms with van der Waals surface area (Å²) in [4.78, 5) is 4.56. The molecule has 0 fully saturated rings. The smallest absolute Gasteiger partial charge is 0.183 e. The van der Waals surface area contributed by atoms with E-state index in [4.69, 9.17) is 4.74 Å². The first-order valence-corrected chi connectivity index (χ1v) is 6.80. The average molecular weight is 250 g/mol. The highest BCUT2D eigenvalue weighted by molar-refractivity contribution is 7.22. The second kappa shape index (κ2) is 5.98. The molecule has 4 heteroatoms. The van der Waals surface area contributed by atoms with Gasteiger partial charge >= 0.3 is 0 Å². The van der Waals surface area contributed by atoms with Gasteiger partial charge in [-0.15, -0.1) is 0 Å². The maximum atomic E-state index is 5.29. The molecule has 1 aromatic heterocycles. The quantitative estimate of drug-likeness (QED) is 0.797. The molecule has 1 heterocycles. The topological polar surface area (TPSA) is 34.1 Å². The van der Waals surface area contributed by atoms with Gasteiger partial charge in [-0.2, -0.15) is 0 Å². The number of hydrogen-bond acceptors (Lipinski definition) is 4. The maximum absolute atomic E-state index is 5.29. The van der Waals surface area contributed by atoms with Crippen LogP contribution in [0.25, 0.3) is 10.2 Å². The molecule has 2 rings (SSSR count). The minimum absolute atomic E-state index is 0.792. The lowest BCUT2D eigenvalue weighted by Gasteiger charge is -2.02. The molecule has 0 aliphatic rings. The first-order valence-electron chi connectivity index (χ1n) is 5.98. The van der Waals surface area contributed by atoms with E-state index in [0.29, 0.717) is 0 Å². The van der Waals surface area contributed by atoms with Crippen LogP contribution in [0.5, 0.6) is 0 Å². The number of ether oxygens (including phenoxy) is 1. The van der Waals surface area contributed by atoms with Crippen molar-refractivity contribution in [2.45, 2.75) is 20.3 Å². The number of rotatable bonds is 6. The van der Waals surface area contributed by atoms with Crippen LogP contribution < -0.4 is 5.32 Å². The van der Waals surface area contributed by atoms with Crippen molar-refractivity contribution in [1.29, 1.82) is 0 Å². The van der Waals surface area contributed by atoms with E-state index in [9.17, 15) is 0 Å². The zero-order valence-corrected chi connectivity index (χ0v) is 11.1. The van der Waals surface area contributed by atoms with E-state index in [1.165, 1.54) is 10.3 Å². The molecule has 0 spiro atoms. The second-order valence-electron chi connectivity index (χ2n) is 3.97. The highest BCUT2D eigenvalue weighted by atomic mass is 32.1. The second-order valence-corrected chi connectivity index (χ2v) is 5.00. The summed E-state index contributed by atoms with van der Waals surface area (Å²) < 4.78 is 6.53. The van der Waals surface area contributed by atoms with Crippen molar-refractivity contribution in [2.75, 3.05) is 25.1 Å². The summed E-state index contributed by atoms with van der Waals surface area (Å²) in [5.41, 5.74) is 2.34. The van der Waals surface area contributed by atoms with Gasteiger partial charge in [-0.25, -0.2) is 4.98 Å². The van der Waals surface area contributed by atoms with E-state index in [2.05, 4.69) is 35.4 Å². The summed E-state index contributed by atoms with van der Waals surface area (Å²) in [6, 6.07) is 6.38. The Labute approximate surface area is 106 Å². The molecule has 17 heavy (non-hydrogen) atoms. The molecule has 0 unspecified atom stereocenters. The van der Waals surface area contributed by atoms with E-state index >= 15 is 0 Å². The number of hydrogen-bond donors (Lipinski definition) is 1. The van der Waals surface area contributed by atoms with Gasteiger partial charge in [-0.05, 0) is 38.0 Å². The minimum Gasteiger partial charge on any atom is -0.382 e. The van der Waals surface area contributed by atoms with Gasteiger partial charge in [0.15, 0.2) is 5.13 Å². The van der Waals surface area contributed by atoms with Crippen molar-refractivity contribution in [3.05, 3.63) is 23.8 Å². The Bertz CT molecular complexity index is 481. The highest BCUT2D eigenvalue weighted by Gasteiger charge is 2.02. The maximum Gasteiger partial charge on any atom is 0.183 e. The summed E-state index contributed by atoms with van der Waals surface area (Å²) in [5.74, 6) is 0. The molecule has 0 saturated carbocycles. The number of aryl methyl sites for hydroxylation is 1. The number of thiazole rings is 1. The highest BCUT2D eigenvalue weighted by Crippen LogP contribution is 2.26. The SMILES string of the molecule is CCOCCCNc1nc2cc(C)ccc2s1. The fourth-order valence-electron chi connectivity index (χ4n) is 1.63. The van der Waals surface area contributed by atoms with Crippen LogP contribution in [0.3, 0.4) is 0 Å². The third-order valence-corrected chi connectivity index (χ3v) is 3.48. The van der Waals surface area contributed by atoms with Crippen LogP contribution in [-0.2, 0) is 4.74 Å². The van der Waals surface area contributed by atoms with Crippen molar-refractivity contribution in [2.24, 2.45) is 0 Å². The number of fused-ring (bicyclic) bond motifs is 1. The molecule has 0 saturated heterocycles. The zero-order chi connectivity index (χ0) is 12.1. The lowest BCUT2D eigenvalue weighted by Crippen LogP contribution is -2.05.